The first-order valence-corrected chi connectivity index (χ1v) is 14.0. The molecule has 0 bridgehead atoms. The first-order valence-electron chi connectivity index (χ1n) is 12.6. The van der Waals surface area contributed by atoms with Crippen LogP contribution < -0.4 is 5.32 Å². The maximum atomic E-state index is 13.9. The molecule has 194 valence electrons. The number of nitrogens with one attached hydrogen (secondary N) is 1. The van der Waals surface area contributed by atoms with E-state index in [1.807, 2.05) is 36.4 Å². The van der Waals surface area contributed by atoms with E-state index in [2.05, 4.69) is 11.4 Å². The van der Waals surface area contributed by atoms with E-state index in [1.54, 1.807) is 49.4 Å². The van der Waals surface area contributed by atoms with Gasteiger partial charge in [0, 0.05) is 35.2 Å². The summed E-state index contributed by atoms with van der Waals surface area (Å²) in [5, 5.41) is 14.0. The summed E-state index contributed by atoms with van der Waals surface area (Å²) < 4.78 is 34.8. The standard InChI is InChI=1S/C30H25N5O3S/c1-20-27(24-14-8-11-22(17-31)28(24)35(20)39(36,37)23-12-6-3-7-13-23)30-33-26-15-16-38-19-25(26)29(34-30)32-18-21-9-4-2-5-10-21/h2-14H,15-16,18-19H2,1H3,(H,32,33,34). The molecule has 0 unspecified atom stereocenters. The first-order chi connectivity index (χ1) is 19.0. The second-order valence-electron chi connectivity index (χ2n) is 9.32. The fraction of sp³-hybridized carbons (Fsp3) is 0.167. The monoisotopic (exact) mass is 535 g/mol. The Morgan fingerprint density at radius 3 is 2.49 bits per heavy atom. The Hall–Kier alpha value is -4.52. The summed E-state index contributed by atoms with van der Waals surface area (Å²) in [6, 6.07) is 25.6. The first kappa shape index (κ1) is 24.8. The number of hydrogen-bond donors (Lipinski definition) is 1. The van der Waals surface area contributed by atoms with Gasteiger partial charge in [0.25, 0.3) is 10.0 Å². The van der Waals surface area contributed by atoms with E-state index in [9.17, 15) is 13.7 Å². The normalized spacial score (nSPS) is 13.1. The Kier molecular flexibility index (Phi) is 6.35. The lowest BCUT2D eigenvalue weighted by molar-refractivity contribution is 0.109. The molecule has 39 heavy (non-hydrogen) atoms. The van der Waals surface area contributed by atoms with Crippen molar-refractivity contribution in [1.82, 2.24) is 13.9 Å². The maximum Gasteiger partial charge on any atom is 0.268 e. The lowest BCUT2D eigenvalue weighted by Gasteiger charge is -2.20. The molecule has 1 aliphatic rings. The molecule has 0 spiro atoms. The smallest absolute Gasteiger partial charge is 0.268 e. The van der Waals surface area contributed by atoms with E-state index in [-0.39, 0.29) is 10.5 Å². The number of benzene rings is 3. The zero-order valence-electron chi connectivity index (χ0n) is 21.3. The van der Waals surface area contributed by atoms with Crippen molar-refractivity contribution in [2.75, 3.05) is 11.9 Å². The molecule has 9 heteroatoms. The lowest BCUT2D eigenvalue weighted by atomic mass is 10.1. The minimum Gasteiger partial charge on any atom is -0.376 e. The molecule has 0 amide bonds. The summed E-state index contributed by atoms with van der Waals surface area (Å²) >= 11 is 0. The van der Waals surface area contributed by atoms with Gasteiger partial charge in [-0.1, -0.05) is 60.7 Å². The molecule has 0 saturated carbocycles. The van der Waals surface area contributed by atoms with Gasteiger partial charge in [-0.2, -0.15) is 5.26 Å². The van der Waals surface area contributed by atoms with Crippen LogP contribution in [0.1, 0.15) is 28.1 Å². The number of hydrogen-bond acceptors (Lipinski definition) is 7. The van der Waals surface area contributed by atoms with Crippen molar-refractivity contribution >= 4 is 26.7 Å². The predicted octanol–water partition coefficient (Wildman–Crippen LogP) is 5.20. The van der Waals surface area contributed by atoms with E-state index in [0.29, 0.717) is 60.0 Å². The summed E-state index contributed by atoms with van der Waals surface area (Å²) in [5.74, 6) is 1.06. The molecule has 1 N–H and O–H groups in total. The van der Waals surface area contributed by atoms with Gasteiger partial charge in [-0.15, -0.1) is 0 Å². The van der Waals surface area contributed by atoms with Crippen LogP contribution in [0.3, 0.4) is 0 Å². The van der Waals surface area contributed by atoms with Crippen molar-refractivity contribution in [1.29, 1.82) is 5.26 Å². The van der Waals surface area contributed by atoms with Crippen LogP contribution in [0.25, 0.3) is 22.3 Å². The molecule has 5 aromatic rings. The van der Waals surface area contributed by atoms with Gasteiger partial charge < -0.3 is 10.1 Å². The SMILES string of the molecule is Cc1c(-c2nc3c(c(NCc4ccccc4)n2)COCC3)c2cccc(C#N)c2n1S(=O)(=O)c1ccccc1. The van der Waals surface area contributed by atoms with Crippen LogP contribution in [-0.2, 0) is 34.3 Å². The summed E-state index contributed by atoms with van der Waals surface area (Å²) in [5.41, 5.74) is 4.47. The number of fused-ring (bicyclic) bond motifs is 2. The Balaban J connectivity index is 1.58. The molecular formula is C30H25N5O3S. The number of nitrogens with zero attached hydrogens (tertiary/aromatic N) is 4. The second kappa shape index (κ2) is 9.98. The lowest BCUT2D eigenvalue weighted by Crippen LogP contribution is -2.17. The molecule has 6 rings (SSSR count). The van der Waals surface area contributed by atoms with E-state index >= 15 is 0 Å². The van der Waals surface area contributed by atoms with Crippen LogP contribution in [0.15, 0.2) is 83.8 Å². The highest BCUT2D eigenvalue weighted by Crippen LogP contribution is 2.38. The summed E-state index contributed by atoms with van der Waals surface area (Å²) in [4.78, 5) is 9.96. The van der Waals surface area contributed by atoms with Crippen LogP contribution in [0.5, 0.6) is 0 Å². The predicted molar refractivity (Wildman–Crippen MR) is 149 cm³/mol. The van der Waals surface area contributed by atoms with Crippen LogP contribution in [0.2, 0.25) is 0 Å². The Morgan fingerprint density at radius 1 is 1.00 bits per heavy atom. The quantitative estimate of drug-likeness (QED) is 0.318. The molecule has 8 nitrogen and oxygen atoms in total. The molecule has 0 aliphatic carbocycles. The number of anilines is 1. The average Bonchev–Trinajstić information content (AvgIpc) is 3.29. The number of rotatable bonds is 6. The largest absolute Gasteiger partial charge is 0.376 e. The number of para-hydroxylation sites is 1. The van der Waals surface area contributed by atoms with Gasteiger partial charge >= 0.3 is 0 Å². The van der Waals surface area contributed by atoms with E-state index < -0.39 is 10.0 Å². The minimum atomic E-state index is -4.02. The van der Waals surface area contributed by atoms with Gasteiger partial charge in [0.1, 0.15) is 11.9 Å². The van der Waals surface area contributed by atoms with Gasteiger partial charge in [0.05, 0.1) is 34.9 Å². The van der Waals surface area contributed by atoms with Gasteiger partial charge in [-0.25, -0.2) is 22.4 Å². The van der Waals surface area contributed by atoms with Crippen LogP contribution in [-0.4, -0.2) is 29.0 Å². The molecule has 0 radical (unpaired) electrons. The minimum absolute atomic E-state index is 0.137. The van der Waals surface area contributed by atoms with Crippen molar-refractivity contribution in [2.45, 2.75) is 31.4 Å². The zero-order chi connectivity index (χ0) is 27.0. The number of nitriles is 1. The van der Waals surface area contributed by atoms with E-state index in [0.717, 1.165) is 16.8 Å². The van der Waals surface area contributed by atoms with Crippen LogP contribution in [0.4, 0.5) is 5.82 Å². The molecular weight excluding hydrogens is 510 g/mol. The van der Waals surface area contributed by atoms with Crippen molar-refractivity contribution < 1.29 is 13.2 Å². The Labute approximate surface area is 226 Å². The van der Waals surface area contributed by atoms with Crippen molar-refractivity contribution in [2.24, 2.45) is 0 Å². The third-order valence-electron chi connectivity index (χ3n) is 6.93. The highest BCUT2D eigenvalue weighted by molar-refractivity contribution is 7.90. The Morgan fingerprint density at radius 2 is 1.74 bits per heavy atom. The van der Waals surface area contributed by atoms with Crippen molar-refractivity contribution in [3.8, 4) is 17.5 Å². The summed E-state index contributed by atoms with van der Waals surface area (Å²) in [6.07, 6.45) is 0.619. The molecule has 0 saturated heterocycles. The molecule has 2 aromatic heterocycles. The molecule has 0 fully saturated rings. The molecule has 0 atom stereocenters. The third-order valence-corrected chi connectivity index (χ3v) is 8.73. The third kappa shape index (κ3) is 4.34. The highest BCUT2D eigenvalue weighted by Gasteiger charge is 2.29. The van der Waals surface area contributed by atoms with Crippen LogP contribution >= 0.6 is 0 Å². The topological polar surface area (TPSA) is 110 Å². The summed E-state index contributed by atoms with van der Waals surface area (Å²) in [7, 11) is -4.02. The van der Waals surface area contributed by atoms with Gasteiger partial charge in [-0.05, 0) is 30.7 Å². The van der Waals surface area contributed by atoms with Crippen molar-refractivity contribution in [3.63, 3.8) is 0 Å². The van der Waals surface area contributed by atoms with E-state index in [4.69, 9.17) is 14.7 Å². The highest BCUT2D eigenvalue weighted by atomic mass is 32.2. The average molecular weight is 536 g/mol. The molecule has 1 aliphatic heterocycles. The number of ether oxygens (including phenoxy) is 1. The zero-order valence-corrected chi connectivity index (χ0v) is 22.1. The summed E-state index contributed by atoms with van der Waals surface area (Å²) in [6.45, 7) is 3.24. The Bertz CT molecular complexity index is 1840. The van der Waals surface area contributed by atoms with Gasteiger partial charge in [0.2, 0.25) is 0 Å². The second-order valence-corrected chi connectivity index (χ2v) is 11.1. The molecule has 3 aromatic carbocycles. The van der Waals surface area contributed by atoms with E-state index in [1.165, 1.54) is 3.97 Å². The van der Waals surface area contributed by atoms with Gasteiger partial charge in [0.15, 0.2) is 5.82 Å². The van der Waals surface area contributed by atoms with Crippen LogP contribution in [0, 0.1) is 18.3 Å². The number of aromatic nitrogens is 3. The molecule has 3 heterocycles. The van der Waals surface area contributed by atoms with Crippen molar-refractivity contribution in [3.05, 3.63) is 107 Å². The fourth-order valence-electron chi connectivity index (χ4n) is 5.07. The fourth-order valence-corrected chi connectivity index (χ4v) is 6.67. The maximum absolute atomic E-state index is 13.9. The van der Waals surface area contributed by atoms with Gasteiger partial charge in [-0.3, -0.25) is 0 Å².